The van der Waals surface area contributed by atoms with Crippen molar-refractivity contribution in [2.45, 2.75) is 32.9 Å². The summed E-state index contributed by atoms with van der Waals surface area (Å²) in [4.78, 5) is 22.0. The van der Waals surface area contributed by atoms with Crippen LogP contribution >= 0.6 is 0 Å². The lowest BCUT2D eigenvalue weighted by molar-refractivity contribution is 0.294. The number of fused-ring (bicyclic) bond motifs is 1. The monoisotopic (exact) mass is 336 g/mol. The molecule has 0 bridgehead atoms. The molecule has 0 fully saturated rings. The third-order valence-electron chi connectivity index (χ3n) is 4.40. The zero-order valence-electron chi connectivity index (χ0n) is 14.5. The van der Waals surface area contributed by atoms with Gasteiger partial charge in [-0.15, -0.1) is 0 Å². The van der Waals surface area contributed by atoms with Gasteiger partial charge in [-0.25, -0.2) is 19.9 Å². The van der Waals surface area contributed by atoms with E-state index in [0.717, 1.165) is 47.2 Å². The fraction of sp³-hybridized carbons (Fsp3) is 0.353. The Kier molecular flexibility index (Phi) is 3.79. The highest BCUT2D eigenvalue weighted by Gasteiger charge is 2.30. The number of imidazole rings is 1. The molecule has 4 heterocycles. The Labute approximate surface area is 146 Å². The Bertz CT molecular complexity index is 877. The molecular weight excluding hydrogens is 316 g/mol. The minimum absolute atomic E-state index is 0.0293. The molecule has 8 nitrogen and oxygen atoms in total. The van der Waals surface area contributed by atoms with Crippen LogP contribution in [-0.2, 0) is 13.5 Å². The largest absolute Gasteiger partial charge is 0.337 e. The van der Waals surface area contributed by atoms with E-state index < -0.39 is 0 Å². The highest BCUT2D eigenvalue weighted by molar-refractivity contribution is 5.94. The predicted molar refractivity (Wildman–Crippen MR) is 95.6 cm³/mol. The van der Waals surface area contributed by atoms with Gasteiger partial charge in [-0.1, -0.05) is 0 Å². The molecule has 8 heteroatoms. The Morgan fingerprint density at radius 2 is 1.96 bits per heavy atom. The van der Waals surface area contributed by atoms with Crippen LogP contribution in [0.5, 0.6) is 0 Å². The predicted octanol–water partition coefficient (Wildman–Crippen LogP) is 1.69. The van der Waals surface area contributed by atoms with Gasteiger partial charge in [-0.2, -0.15) is 0 Å². The van der Waals surface area contributed by atoms with Gasteiger partial charge in [0.05, 0.1) is 17.1 Å². The van der Waals surface area contributed by atoms with Crippen molar-refractivity contribution >= 4 is 11.5 Å². The quantitative estimate of drug-likeness (QED) is 0.918. The van der Waals surface area contributed by atoms with E-state index in [1.165, 1.54) is 6.33 Å². The number of aryl methyl sites for hydroxylation is 2. The van der Waals surface area contributed by atoms with Crippen LogP contribution in [0.3, 0.4) is 0 Å². The summed E-state index contributed by atoms with van der Waals surface area (Å²) in [6.45, 7) is 4.03. The van der Waals surface area contributed by atoms with Crippen molar-refractivity contribution in [1.82, 2.24) is 30.0 Å². The number of aliphatic imine (C=N–C) groups is 2. The topological polar surface area (TPSA) is 83.6 Å². The lowest BCUT2D eigenvalue weighted by Crippen LogP contribution is -2.43. The zero-order valence-corrected chi connectivity index (χ0v) is 14.5. The maximum absolute atomic E-state index is 4.75. The molecule has 0 radical (unpaired) electrons. The molecule has 25 heavy (non-hydrogen) atoms. The van der Waals surface area contributed by atoms with E-state index in [9.17, 15) is 0 Å². The molecular formula is C17H20N8. The highest BCUT2D eigenvalue weighted by atomic mass is 15.6. The summed E-state index contributed by atoms with van der Waals surface area (Å²) in [6, 6.07) is 0. The molecule has 0 aromatic carbocycles. The first-order valence-corrected chi connectivity index (χ1v) is 8.23. The SMILES string of the molecule is CC1=CN=C(C)C2N=C(CCc3nc(-c4cncnc4)cn3C)NN12. The Morgan fingerprint density at radius 3 is 2.72 bits per heavy atom. The average molecular weight is 336 g/mol. The molecule has 0 saturated heterocycles. The van der Waals surface area contributed by atoms with Crippen molar-refractivity contribution in [3.63, 3.8) is 0 Å². The first kappa shape index (κ1) is 15.5. The van der Waals surface area contributed by atoms with Gasteiger partial charge in [0.15, 0.2) is 6.17 Å². The summed E-state index contributed by atoms with van der Waals surface area (Å²) in [6.07, 6.45) is 10.5. The first-order valence-electron chi connectivity index (χ1n) is 8.23. The van der Waals surface area contributed by atoms with E-state index >= 15 is 0 Å². The fourth-order valence-electron chi connectivity index (χ4n) is 2.98. The molecule has 1 atom stereocenters. The van der Waals surface area contributed by atoms with Gasteiger partial charge in [-0.3, -0.25) is 15.4 Å². The number of allylic oxidation sites excluding steroid dienone is 1. The fourth-order valence-corrected chi connectivity index (χ4v) is 2.98. The van der Waals surface area contributed by atoms with Crippen LogP contribution in [0, 0.1) is 0 Å². The van der Waals surface area contributed by atoms with Crippen LogP contribution in [0.1, 0.15) is 26.1 Å². The summed E-state index contributed by atoms with van der Waals surface area (Å²) in [5.74, 6) is 1.97. The van der Waals surface area contributed by atoms with E-state index in [2.05, 4.69) is 25.4 Å². The van der Waals surface area contributed by atoms with Gasteiger partial charge < -0.3 is 4.57 Å². The average Bonchev–Trinajstić information content (AvgIpc) is 3.22. The number of hydrogen-bond acceptors (Lipinski definition) is 7. The van der Waals surface area contributed by atoms with Gasteiger partial charge >= 0.3 is 0 Å². The van der Waals surface area contributed by atoms with E-state index in [-0.39, 0.29) is 6.17 Å². The molecule has 4 rings (SSSR count). The second-order valence-electron chi connectivity index (χ2n) is 6.25. The number of aromatic nitrogens is 4. The number of nitrogens with one attached hydrogen (secondary N) is 1. The second kappa shape index (κ2) is 6.12. The molecule has 2 aliphatic rings. The summed E-state index contributed by atoms with van der Waals surface area (Å²) in [7, 11) is 2.01. The van der Waals surface area contributed by atoms with Crippen LogP contribution in [0.25, 0.3) is 11.3 Å². The van der Waals surface area contributed by atoms with Gasteiger partial charge in [0.1, 0.15) is 18.0 Å². The van der Waals surface area contributed by atoms with Gasteiger partial charge in [0, 0.05) is 50.2 Å². The van der Waals surface area contributed by atoms with Crippen molar-refractivity contribution in [3.05, 3.63) is 42.6 Å². The van der Waals surface area contributed by atoms with Crippen LogP contribution < -0.4 is 5.43 Å². The normalized spacial score (nSPS) is 19.1. The first-order chi connectivity index (χ1) is 12.1. The van der Waals surface area contributed by atoms with Gasteiger partial charge in [-0.05, 0) is 13.8 Å². The molecule has 0 aliphatic carbocycles. The van der Waals surface area contributed by atoms with Crippen LogP contribution in [0.4, 0.5) is 0 Å². The lowest BCUT2D eigenvalue weighted by atomic mass is 10.2. The Hall–Kier alpha value is -3.03. The Morgan fingerprint density at radius 1 is 1.16 bits per heavy atom. The van der Waals surface area contributed by atoms with Gasteiger partial charge in [0.25, 0.3) is 0 Å². The summed E-state index contributed by atoms with van der Waals surface area (Å²) >= 11 is 0. The third kappa shape index (κ3) is 2.90. The number of rotatable bonds is 4. The summed E-state index contributed by atoms with van der Waals surface area (Å²) < 4.78 is 2.04. The maximum Gasteiger partial charge on any atom is 0.179 e. The summed E-state index contributed by atoms with van der Waals surface area (Å²) in [5.41, 5.74) is 7.25. The van der Waals surface area contributed by atoms with Crippen molar-refractivity contribution in [2.24, 2.45) is 17.0 Å². The van der Waals surface area contributed by atoms with E-state index in [1.807, 2.05) is 37.9 Å². The molecule has 1 unspecified atom stereocenters. The van der Waals surface area contributed by atoms with E-state index in [0.29, 0.717) is 0 Å². The number of hydrogen-bond donors (Lipinski definition) is 1. The number of nitrogens with zero attached hydrogens (tertiary/aromatic N) is 7. The second-order valence-corrected chi connectivity index (χ2v) is 6.25. The van der Waals surface area contributed by atoms with E-state index in [1.54, 1.807) is 12.4 Å². The molecule has 2 aliphatic heterocycles. The summed E-state index contributed by atoms with van der Waals surface area (Å²) in [5, 5.41) is 2.06. The van der Waals surface area contributed by atoms with Crippen molar-refractivity contribution < 1.29 is 0 Å². The molecule has 2 aromatic heterocycles. The van der Waals surface area contributed by atoms with E-state index in [4.69, 9.17) is 9.98 Å². The highest BCUT2D eigenvalue weighted by Crippen LogP contribution is 2.21. The van der Waals surface area contributed by atoms with Crippen molar-refractivity contribution in [3.8, 4) is 11.3 Å². The molecule has 0 spiro atoms. The van der Waals surface area contributed by atoms with Crippen LogP contribution in [0.2, 0.25) is 0 Å². The number of amidine groups is 1. The molecule has 128 valence electrons. The van der Waals surface area contributed by atoms with Crippen LogP contribution in [0.15, 0.2) is 46.8 Å². The Balaban J connectivity index is 1.46. The van der Waals surface area contributed by atoms with Gasteiger partial charge in [0.2, 0.25) is 0 Å². The minimum Gasteiger partial charge on any atom is -0.337 e. The molecule has 1 N–H and O–H groups in total. The molecule has 0 saturated carbocycles. The van der Waals surface area contributed by atoms with Crippen LogP contribution in [-0.4, -0.2) is 42.2 Å². The zero-order chi connectivity index (χ0) is 17.4. The maximum atomic E-state index is 4.75. The van der Waals surface area contributed by atoms with Crippen molar-refractivity contribution in [1.29, 1.82) is 0 Å². The lowest BCUT2D eigenvalue weighted by Gasteiger charge is -2.27. The standard InChI is InChI=1S/C17H20N8/c1-11-6-20-12(2)17-22-15(23-25(11)17)4-5-16-21-14(9-24(16)3)13-7-18-10-19-8-13/h6-10,17H,4-5H2,1-3H3,(H,22,23). The number of hydrazine groups is 1. The smallest absolute Gasteiger partial charge is 0.179 e. The molecule has 2 aromatic rings. The van der Waals surface area contributed by atoms with Crippen molar-refractivity contribution in [2.75, 3.05) is 0 Å². The minimum atomic E-state index is -0.0293. The third-order valence-corrected chi connectivity index (χ3v) is 4.40. The molecule has 0 amide bonds.